The topological polar surface area (TPSA) is 29.5 Å². The van der Waals surface area contributed by atoms with Gasteiger partial charge in [0.2, 0.25) is 0 Å². The van der Waals surface area contributed by atoms with Crippen LogP contribution in [0.15, 0.2) is 48.5 Å². The number of likely N-dealkylation sites (tertiary alicyclic amines) is 1. The van der Waals surface area contributed by atoms with Crippen molar-refractivity contribution in [1.29, 1.82) is 0 Å². The van der Waals surface area contributed by atoms with Crippen LogP contribution in [0.4, 0.5) is 4.79 Å². The van der Waals surface area contributed by atoms with E-state index in [1.807, 2.05) is 35.2 Å². The van der Waals surface area contributed by atoms with E-state index in [1.54, 1.807) is 0 Å². The summed E-state index contributed by atoms with van der Waals surface area (Å²) in [7, 11) is 0. The summed E-state index contributed by atoms with van der Waals surface area (Å²) in [4.78, 5) is 14.5. The summed E-state index contributed by atoms with van der Waals surface area (Å²) < 4.78 is 5.55. The highest BCUT2D eigenvalue weighted by Gasteiger charge is 2.41. The number of amides is 1. The first-order chi connectivity index (χ1) is 11.2. The van der Waals surface area contributed by atoms with Gasteiger partial charge in [-0.1, -0.05) is 54.1 Å². The molecule has 0 unspecified atom stereocenters. The molecule has 0 saturated carbocycles. The number of nitrogens with zero attached hydrogens (tertiary/aromatic N) is 1. The molecule has 1 aliphatic carbocycles. The SMILES string of the molecule is Cc1ccc2c(c1)[C@@H]1C[C@H]2CCN1C(=O)OCc1ccccc1. The van der Waals surface area contributed by atoms with Crippen LogP contribution in [0.25, 0.3) is 0 Å². The van der Waals surface area contributed by atoms with Gasteiger partial charge in [0.1, 0.15) is 6.61 Å². The second kappa shape index (κ2) is 5.73. The van der Waals surface area contributed by atoms with E-state index < -0.39 is 0 Å². The van der Waals surface area contributed by atoms with Gasteiger partial charge in [-0.05, 0) is 42.4 Å². The molecule has 1 saturated heterocycles. The van der Waals surface area contributed by atoms with Gasteiger partial charge in [-0.25, -0.2) is 4.79 Å². The molecule has 0 radical (unpaired) electrons. The van der Waals surface area contributed by atoms with Crippen molar-refractivity contribution in [1.82, 2.24) is 4.90 Å². The Kier molecular flexibility index (Phi) is 3.56. The predicted octanol–water partition coefficient (Wildman–Crippen LogP) is 4.57. The maximum Gasteiger partial charge on any atom is 0.410 e. The number of hydrogen-bond acceptors (Lipinski definition) is 2. The highest BCUT2D eigenvalue weighted by atomic mass is 16.6. The van der Waals surface area contributed by atoms with Crippen molar-refractivity contribution in [2.75, 3.05) is 6.54 Å². The zero-order chi connectivity index (χ0) is 15.8. The Hall–Kier alpha value is -2.29. The fourth-order valence-corrected chi connectivity index (χ4v) is 3.92. The summed E-state index contributed by atoms with van der Waals surface area (Å²) in [6.07, 6.45) is 1.89. The van der Waals surface area contributed by atoms with Crippen molar-refractivity contribution in [3.63, 3.8) is 0 Å². The highest BCUT2D eigenvalue weighted by molar-refractivity contribution is 5.69. The van der Waals surface area contributed by atoms with Crippen molar-refractivity contribution in [2.45, 2.75) is 38.3 Å². The monoisotopic (exact) mass is 307 g/mol. The molecule has 1 heterocycles. The summed E-state index contributed by atoms with van der Waals surface area (Å²) in [5.74, 6) is 0.605. The molecule has 23 heavy (non-hydrogen) atoms. The molecule has 0 aromatic heterocycles. The standard InChI is InChI=1S/C20H21NO2/c1-14-7-8-17-16-9-10-21(19(12-16)18(17)11-14)20(22)23-13-15-5-3-2-4-6-15/h2-8,11,16,19H,9-10,12-13H2,1H3/t16-,19+/m1/s1. The Morgan fingerprint density at radius 2 is 2.00 bits per heavy atom. The molecule has 2 aliphatic rings. The van der Waals surface area contributed by atoms with Gasteiger partial charge >= 0.3 is 6.09 Å². The molecule has 0 spiro atoms. The molecule has 3 nitrogen and oxygen atoms in total. The molecule has 118 valence electrons. The molecular formula is C20H21NO2. The van der Waals surface area contributed by atoms with Gasteiger partial charge in [0.25, 0.3) is 0 Å². The number of benzene rings is 2. The Morgan fingerprint density at radius 3 is 2.83 bits per heavy atom. The maximum absolute atomic E-state index is 12.6. The van der Waals surface area contributed by atoms with Crippen LogP contribution in [-0.2, 0) is 11.3 Å². The second-order valence-corrected chi connectivity index (χ2v) is 6.60. The number of ether oxygens (including phenoxy) is 1. The lowest BCUT2D eigenvalue weighted by Gasteiger charge is -2.33. The van der Waals surface area contributed by atoms with Crippen molar-refractivity contribution in [2.24, 2.45) is 0 Å². The fraction of sp³-hybridized carbons (Fsp3) is 0.350. The average Bonchev–Trinajstić information content (AvgIpc) is 2.86. The Balaban J connectivity index is 1.50. The van der Waals surface area contributed by atoms with Crippen LogP contribution >= 0.6 is 0 Å². The van der Waals surface area contributed by atoms with Crippen LogP contribution in [-0.4, -0.2) is 17.5 Å². The number of carbonyl (C=O) groups excluding carboxylic acids is 1. The molecule has 4 rings (SSSR count). The molecular weight excluding hydrogens is 286 g/mol. The number of fused-ring (bicyclic) bond motifs is 5. The first-order valence-corrected chi connectivity index (χ1v) is 8.30. The smallest absolute Gasteiger partial charge is 0.410 e. The summed E-state index contributed by atoms with van der Waals surface area (Å²) in [5, 5.41) is 0. The molecule has 0 N–H and O–H groups in total. The highest BCUT2D eigenvalue weighted by Crippen LogP contribution is 2.49. The predicted molar refractivity (Wildman–Crippen MR) is 89.2 cm³/mol. The summed E-state index contributed by atoms with van der Waals surface area (Å²) >= 11 is 0. The van der Waals surface area contributed by atoms with Crippen LogP contribution in [0.3, 0.4) is 0 Å². The molecule has 2 bridgehead atoms. The lowest BCUT2D eigenvalue weighted by atomic mass is 9.95. The lowest BCUT2D eigenvalue weighted by Crippen LogP contribution is -2.37. The van der Waals surface area contributed by atoms with Crippen molar-refractivity contribution in [3.05, 3.63) is 70.8 Å². The van der Waals surface area contributed by atoms with Gasteiger partial charge in [0.15, 0.2) is 0 Å². The molecule has 3 heteroatoms. The van der Waals surface area contributed by atoms with E-state index in [0.29, 0.717) is 12.5 Å². The van der Waals surface area contributed by atoms with Crippen LogP contribution in [0, 0.1) is 6.92 Å². The number of piperidine rings is 1. The first kappa shape index (κ1) is 14.3. The Bertz CT molecular complexity index is 726. The van der Waals surface area contributed by atoms with E-state index in [0.717, 1.165) is 24.9 Å². The van der Waals surface area contributed by atoms with Gasteiger partial charge in [-0.2, -0.15) is 0 Å². The zero-order valence-corrected chi connectivity index (χ0v) is 13.4. The van der Waals surface area contributed by atoms with Crippen LogP contribution in [0.2, 0.25) is 0 Å². The van der Waals surface area contributed by atoms with E-state index in [2.05, 4.69) is 25.1 Å². The number of rotatable bonds is 2. The molecule has 2 aromatic rings. The Morgan fingerprint density at radius 1 is 1.17 bits per heavy atom. The molecule has 1 fully saturated rings. The third kappa shape index (κ3) is 2.61. The summed E-state index contributed by atoms with van der Waals surface area (Å²) in [6, 6.07) is 16.7. The van der Waals surface area contributed by atoms with Crippen LogP contribution in [0.5, 0.6) is 0 Å². The molecule has 1 aliphatic heterocycles. The third-order valence-electron chi connectivity index (χ3n) is 5.08. The molecule has 2 aromatic carbocycles. The van der Waals surface area contributed by atoms with E-state index in [-0.39, 0.29) is 12.1 Å². The van der Waals surface area contributed by atoms with E-state index >= 15 is 0 Å². The van der Waals surface area contributed by atoms with E-state index in [4.69, 9.17) is 4.74 Å². The van der Waals surface area contributed by atoms with Crippen molar-refractivity contribution >= 4 is 6.09 Å². The third-order valence-corrected chi connectivity index (χ3v) is 5.08. The quantitative estimate of drug-likeness (QED) is 0.813. The van der Waals surface area contributed by atoms with E-state index in [9.17, 15) is 4.79 Å². The van der Waals surface area contributed by atoms with Gasteiger partial charge in [-0.3, -0.25) is 0 Å². The van der Waals surface area contributed by atoms with Gasteiger partial charge < -0.3 is 9.64 Å². The van der Waals surface area contributed by atoms with Crippen LogP contribution in [0.1, 0.15) is 47.1 Å². The average molecular weight is 307 g/mol. The fourth-order valence-electron chi connectivity index (χ4n) is 3.92. The molecule has 1 amide bonds. The second-order valence-electron chi connectivity index (χ2n) is 6.60. The summed E-state index contributed by atoms with van der Waals surface area (Å²) in [5.41, 5.74) is 5.04. The van der Waals surface area contributed by atoms with Crippen LogP contribution < -0.4 is 0 Å². The number of carbonyl (C=O) groups is 1. The molecule has 2 atom stereocenters. The normalized spacial score (nSPS) is 21.9. The van der Waals surface area contributed by atoms with Crippen molar-refractivity contribution in [3.8, 4) is 0 Å². The number of aryl methyl sites for hydroxylation is 1. The minimum atomic E-state index is -0.188. The minimum Gasteiger partial charge on any atom is -0.445 e. The number of hydrogen-bond donors (Lipinski definition) is 0. The lowest BCUT2D eigenvalue weighted by molar-refractivity contribution is 0.0694. The largest absolute Gasteiger partial charge is 0.445 e. The minimum absolute atomic E-state index is 0.187. The van der Waals surface area contributed by atoms with Gasteiger partial charge in [0.05, 0.1) is 6.04 Å². The Labute approximate surface area is 136 Å². The maximum atomic E-state index is 12.6. The van der Waals surface area contributed by atoms with Gasteiger partial charge in [-0.15, -0.1) is 0 Å². The van der Waals surface area contributed by atoms with E-state index in [1.165, 1.54) is 16.7 Å². The van der Waals surface area contributed by atoms with Gasteiger partial charge in [0, 0.05) is 6.54 Å². The van der Waals surface area contributed by atoms with Crippen molar-refractivity contribution < 1.29 is 9.53 Å². The summed E-state index contributed by atoms with van der Waals surface area (Å²) in [6.45, 7) is 3.24. The first-order valence-electron chi connectivity index (χ1n) is 8.30. The zero-order valence-electron chi connectivity index (χ0n) is 13.4.